The highest BCUT2D eigenvalue weighted by molar-refractivity contribution is 6.30. The van der Waals surface area contributed by atoms with Crippen molar-refractivity contribution in [2.75, 3.05) is 0 Å². The highest BCUT2D eigenvalue weighted by Crippen LogP contribution is 2.29. The summed E-state index contributed by atoms with van der Waals surface area (Å²) in [4.78, 5) is 34.1. The third-order valence-corrected chi connectivity index (χ3v) is 5.59. The molecule has 184 valence electrons. The Morgan fingerprint density at radius 1 is 1.03 bits per heavy atom. The SMILES string of the molecule is CC(=O)n1/c(=N\N)c(-c2ccncc2)c(-c2ccc(Cl)cc2)c(=O)n1Cc1ccc(C(F)(F)F)nc1. The van der Waals surface area contributed by atoms with Gasteiger partial charge in [0.05, 0.1) is 12.1 Å². The molecule has 0 aliphatic rings. The average molecular weight is 515 g/mol. The first-order chi connectivity index (χ1) is 17.1. The molecule has 0 unspecified atom stereocenters. The number of carbonyl (C=O) groups excluding carboxylic acids is 1. The van der Waals surface area contributed by atoms with Crippen molar-refractivity contribution < 1.29 is 18.0 Å². The van der Waals surface area contributed by atoms with Crippen LogP contribution in [0.25, 0.3) is 22.3 Å². The molecule has 2 N–H and O–H groups in total. The largest absolute Gasteiger partial charge is 0.433 e. The zero-order chi connectivity index (χ0) is 26.0. The van der Waals surface area contributed by atoms with Crippen LogP contribution in [0.4, 0.5) is 13.2 Å². The minimum atomic E-state index is -4.62. The lowest BCUT2D eigenvalue weighted by atomic mass is 9.97. The van der Waals surface area contributed by atoms with Gasteiger partial charge >= 0.3 is 6.18 Å². The molecule has 12 heteroatoms. The number of alkyl halides is 3. The van der Waals surface area contributed by atoms with Crippen LogP contribution in [-0.2, 0) is 12.7 Å². The van der Waals surface area contributed by atoms with Crippen LogP contribution in [-0.4, -0.2) is 25.2 Å². The molecule has 1 aromatic carbocycles. The average Bonchev–Trinajstić information content (AvgIpc) is 2.85. The summed E-state index contributed by atoms with van der Waals surface area (Å²) in [6.07, 6.45) is -0.594. The van der Waals surface area contributed by atoms with E-state index in [2.05, 4.69) is 15.1 Å². The second-order valence-electron chi connectivity index (χ2n) is 7.69. The van der Waals surface area contributed by atoms with Gasteiger partial charge in [0.2, 0.25) is 5.91 Å². The molecule has 0 saturated heterocycles. The number of nitrogens with zero attached hydrogens (tertiary/aromatic N) is 5. The maximum atomic E-state index is 13.9. The van der Waals surface area contributed by atoms with Gasteiger partial charge in [0.15, 0.2) is 5.49 Å². The van der Waals surface area contributed by atoms with Crippen LogP contribution < -0.4 is 16.9 Å². The molecule has 0 saturated carbocycles. The van der Waals surface area contributed by atoms with Crippen molar-refractivity contribution in [1.82, 2.24) is 19.3 Å². The Morgan fingerprint density at radius 3 is 2.19 bits per heavy atom. The predicted octanol–water partition coefficient (Wildman–Crippen LogP) is 3.93. The fourth-order valence-corrected chi connectivity index (χ4v) is 3.90. The van der Waals surface area contributed by atoms with Gasteiger partial charge in [-0.2, -0.15) is 23.0 Å². The minimum absolute atomic E-state index is 0.0295. The van der Waals surface area contributed by atoms with Crippen LogP contribution in [0.2, 0.25) is 5.02 Å². The lowest BCUT2D eigenvalue weighted by Crippen LogP contribution is -2.44. The van der Waals surface area contributed by atoms with Crippen LogP contribution >= 0.6 is 11.6 Å². The molecule has 3 aromatic heterocycles. The fraction of sp³-hybridized carbons (Fsp3) is 0.125. The number of halogens is 4. The van der Waals surface area contributed by atoms with E-state index in [1.54, 1.807) is 36.4 Å². The Hall–Kier alpha value is -4.25. The number of nitrogens with two attached hydrogens (primary N) is 1. The fourth-order valence-electron chi connectivity index (χ4n) is 3.77. The molecule has 0 spiro atoms. The number of pyridine rings is 2. The van der Waals surface area contributed by atoms with E-state index >= 15 is 0 Å². The number of carbonyl (C=O) groups is 1. The molecule has 0 radical (unpaired) electrons. The van der Waals surface area contributed by atoms with Crippen LogP contribution in [0, 0.1) is 0 Å². The molecule has 0 atom stereocenters. The molecule has 0 fully saturated rings. The highest BCUT2D eigenvalue weighted by Gasteiger charge is 2.32. The van der Waals surface area contributed by atoms with Crippen molar-refractivity contribution in [2.24, 2.45) is 10.9 Å². The molecule has 3 heterocycles. The molecule has 8 nitrogen and oxygen atoms in total. The maximum Gasteiger partial charge on any atom is 0.433 e. The molecule has 0 bridgehead atoms. The smallest absolute Gasteiger partial charge is 0.321 e. The molecule has 4 rings (SSSR count). The second-order valence-corrected chi connectivity index (χ2v) is 8.12. The molecule has 0 amide bonds. The van der Waals surface area contributed by atoms with E-state index in [1.165, 1.54) is 25.4 Å². The zero-order valence-electron chi connectivity index (χ0n) is 18.7. The molecule has 4 aromatic rings. The zero-order valence-corrected chi connectivity index (χ0v) is 19.5. The number of hydrogen-bond acceptors (Lipinski definition) is 6. The van der Waals surface area contributed by atoms with Gasteiger partial charge in [-0.3, -0.25) is 19.6 Å². The molecular formula is C24H18ClF3N6O2. The van der Waals surface area contributed by atoms with E-state index < -0.39 is 23.3 Å². The quantitative estimate of drug-likeness (QED) is 0.328. The van der Waals surface area contributed by atoms with Gasteiger partial charge in [0, 0.05) is 36.1 Å². The third-order valence-electron chi connectivity index (χ3n) is 5.33. The van der Waals surface area contributed by atoms with Crippen LogP contribution in [0.5, 0.6) is 0 Å². The van der Waals surface area contributed by atoms with Crippen molar-refractivity contribution >= 4 is 17.5 Å². The van der Waals surface area contributed by atoms with Crippen molar-refractivity contribution in [3.8, 4) is 22.3 Å². The van der Waals surface area contributed by atoms with Crippen molar-refractivity contribution in [2.45, 2.75) is 19.6 Å². The third kappa shape index (κ3) is 4.78. The van der Waals surface area contributed by atoms with E-state index in [9.17, 15) is 22.8 Å². The number of aromatic nitrogens is 4. The summed E-state index contributed by atoms with van der Waals surface area (Å²) >= 11 is 6.04. The summed E-state index contributed by atoms with van der Waals surface area (Å²) < 4.78 is 40.9. The second kappa shape index (κ2) is 9.78. The van der Waals surface area contributed by atoms with E-state index in [1.807, 2.05) is 0 Å². The van der Waals surface area contributed by atoms with Gasteiger partial charge < -0.3 is 5.84 Å². The van der Waals surface area contributed by atoms with Crippen molar-refractivity contribution in [1.29, 1.82) is 0 Å². The Balaban J connectivity index is 2.05. The first-order valence-electron chi connectivity index (χ1n) is 10.4. The molecule has 0 aliphatic carbocycles. The van der Waals surface area contributed by atoms with Gasteiger partial charge in [0.1, 0.15) is 5.69 Å². The lowest BCUT2D eigenvalue weighted by molar-refractivity contribution is -0.141. The highest BCUT2D eigenvalue weighted by atomic mass is 35.5. The van der Waals surface area contributed by atoms with Crippen molar-refractivity contribution in [3.05, 3.63) is 99.2 Å². The summed E-state index contributed by atoms with van der Waals surface area (Å²) in [5.41, 5.74) is -0.0218. The summed E-state index contributed by atoms with van der Waals surface area (Å²) in [5.74, 6) is 5.15. The lowest BCUT2D eigenvalue weighted by Gasteiger charge is -2.20. The summed E-state index contributed by atoms with van der Waals surface area (Å²) in [7, 11) is 0. The summed E-state index contributed by atoms with van der Waals surface area (Å²) in [6, 6.07) is 11.7. The Morgan fingerprint density at radius 2 is 1.67 bits per heavy atom. The molecular weight excluding hydrogens is 497 g/mol. The number of rotatable bonds is 4. The maximum absolute atomic E-state index is 13.9. The monoisotopic (exact) mass is 514 g/mol. The van der Waals surface area contributed by atoms with Crippen molar-refractivity contribution in [3.63, 3.8) is 0 Å². The Labute approximate surface area is 207 Å². The molecule has 0 aliphatic heterocycles. The number of hydrogen-bond donors (Lipinski definition) is 1. The van der Waals surface area contributed by atoms with Gasteiger partial charge in [-0.1, -0.05) is 29.8 Å². The van der Waals surface area contributed by atoms with Gasteiger partial charge in [-0.15, -0.1) is 0 Å². The summed E-state index contributed by atoms with van der Waals surface area (Å²) in [6.45, 7) is 0.942. The normalized spacial score (nSPS) is 12.1. The summed E-state index contributed by atoms with van der Waals surface area (Å²) in [5, 5.41) is 4.28. The first-order valence-corrected chi connectivity index (χ1v) is 10.8. The van der Waals surface area contributed by atoms with Crippen LogP contribution in [0.15, 0.2) is 77.0 Å². The van der Waals surface area contributed by atoms with Crippen LogP contribution in [0.3, 0.4) is 0 Å². The number of benzene rings is 1. The van der Waals surface area contributed by atoms with Gasteiger partial charge in [-0.05, 0) is 47.0 Å². The van der Waals surface area contributed by atoms with E-state index in [0.717, 1.165) is 21.6 Å². The van der Waals surface area contributed by atoms with E-state index in [4.69, 9.17) is 17.4 Å². The standard InChI is InChI=1S/C24H18ClF3N6O2/c1-14(35)34-22(32-29)20(17-8-10-30-11-9-17)21(16-3-5-18(25)6-4-16)23(36)33(34)13-15-2-7-19(31-12-15)24(26,27)28/h2-12H,13,29H2,1H3/b32-22-. The van der Waals surface area contributed by atoms with Gasteiger partial charge in [-0.25, -0.2) is 4.68 Å². The predicted molar refractivity (Wildman–Crippen MR) is 127 cm³/mol. The first kappa shape index (κ1) is 24.9. The topological polar surface area (TPSA) is 108 Å². The molecule has 36 heavy (non-hydrogen) atoms. The Bertz CT molecular complexity index is 1550. The minimum Gasteiger partial charge on any atom is -0.321 e. The Kier molecular flexibility index (Phi) is 6.75. The van der Waals surface area contributed by atoms with Crippen LogP contribution in [0.1, 0.15) is 23.0 Å². The van der Waals surface area contributed by atoms with E-state index in [-0.39, 0.29) is 28.7 Å². The van der Waals surface area contributed by atoms with E-state index in [0.29, 0.717) is 16.1 Å². The van der Waals surface area contributed by atoms with Gasteiger partial charge in [0.25, 0.3) is 5.56 Å².